The van der Waals surface area contributed by atoms with E-state index in [0.717, 1.165) is 0 Å². The number of hydrogen-bond donors (Lipinski definition) is 2. The van der Waals surface area contributed by atoms with Crippen molar-refractivity contribution in [1.82, 2.24) is 10.4 Å². The zero-order chi connectivity index (χ0) is 13.7. The number of morpholine rings is 1. The fourth-order valence-corrected chi connectivity index (χ4v) is 1.64. The summed E-state index contributed by atoms with van der Waals surface area (Å²) >= 11 is 0. The number of non-ortho nitro benzene ring substituents is 1. The van der Waals surface area contributed by atoms with Crippen LogP contribution >= 0.6 is 0 Å². The van der Waals surface area contributed by atoms with Gasteiger partial charge < -0.3 is 10.1 Å². The molecule has 0 spiro atoms. The molecule has 19 heavy (non-hydrogen) atoms. The Labute approximate surface area is 109 Å². The van der Waals surface area contributed by atoms with Crippen molar-refractivity contribution in [1.29, 1.82) is 0 Å². The molecule has 1 fully saturated rings. The smallest absolute Gasteiger partial charge is 0.333 e. The fraction of sp³-hybridized carbons (Fsp3) is 0.364. The van der Waals surface area contributed by atoms with Gasteiger partial charge in [-0.2, -0.15) is 0 Å². The zero-order valence-corrected chi connectivity index (χ0v) is 10.2. The minimum Gasteiger partial charge on any atom is -0.379 e. The number of carbonyl (C=O) groups excluding carboxylic acids is 1. The van der Waals surface area contributed by atoms with Crippen LogP contribution in [0.5, 0.6) is 0 Å². The van der Waals surface area contributed by atoms with Gasteiger partial charge in [0.1, 0.15) is 0 Å². The number of carbonyl (C=O) groups is 1. The molecule has 0 radical (unpaired) electrons. The van der Waals surface area contributed by atoms with Gasteiger partial charge in [0.05, 0.1) is 18.1 Å². The van der Waals surface area contributed by atoms with Crippen molar-refractivity contribution in [3.63, 3.8) is 0 Å². The molecule has 1 aromatic carbocycles. The number of nitro benzene ring substituents is 1. The van der Waals surface area contributed by atoms with Gasteiger partial charge in [0.15, 0.2) is 0 Å². The van der Waals surface area contributed by atoms with Crippen LogP contribution in [0.25, 0.3) is 0 Å². The van der Waals surface area contributed by atoms with Gasteiger partial charge in [-0.05, 0) is 12.1 Å². The number of nitrogens with zero attached hydrogens (tertiary/aromatic N) is 2. The lowest BCUT2D eigenvalue weighted by Gasteiger charge is -2.26. The molecule has 2 rings (SSSR count). The number of hydrogen-bond acceptors (Lipinski definition) is 5. The van der Waals surface area contributed by atoms with E-state index in [1.54, 1.807) is 5.01 Å². The maximum absolute atomic E-state index is 11.7. The van der Waals surface area contributed by atoms with E-state index in [9.17, 15) is 14.9 Å². The Morgan fingerprint density at radius 2 is 1.89 bits per heavy atom. The second kappa shape index (κ2) is 6.12. The van der Waals surface area contributed by atoms with E-state index in [2.05, 4.69) is 10.7 Å². The predicted octanol–water partition coefficient (Wildman–Crippen LogP) is 0.963. The third-order valence-corrected chi connectivity index (χ3v) is 2.61. The van der Waals surface area contributed by atoms with Crippen molar-refractivity contribution >= 4 is 17.4 Å². The first-order chi connectivity index (χ1) is 9.15. The highest BCUT2D eigenvalue weighted by Crippen LogP contribution is 2.15. The van der Waals surface area contributed by atoms with Crippen molar-refractivity contribution in [2.24, 2.45) is 0 Å². The average Bonchev–Trinajstić information content (AvgIpc) is 2.40. The number of rotatable bonds is 3. The summed E-state index contributed by atoms with van der Waals surface area (Å²) in [7, 11) is 0. The quantitative estimate of drug-likeness (QED) is 0.627. The molecule has 1 aromatic rings. The number of urea groups is 1. The SMILES string of the molecule is O=C(Nc1ccc([N+](=O)[O-])cc1)NN1CCOCC1. The van der Waals surface area contributed by atoms with Gasteiger partial charge in [0.25, 0.3) is 5.69 Å². The van der Waals surface area contributed by atoms with Gasteiger partial charge in [-0.15, -0.1) is 0 Å². The molecule has 8 nitrogen and oxygen atoms in total. The third kappa shape index (κ3) is 3.90. The Bertz CT molecular complexity index is 456. The molecule has 0 aromatic heterocycles. The van der Waals surface area contributed by atoms with E-state index in [0.29, 0.717) is 32.0 Å². The van der Waals surface area contributed by atoms with Crippen molar-refractivity contribution in [2.45, 2.75) is 0 Å². The van der Waals surface area contributed by atoms with Gasteiger partial charge in [-0.25, -0.2) is 9.80 Å². The first kappa shape index (κ1) is 13.2. The Kier molecular flexibility index (Phi) is 4.26. The second-order valence-electron chi connectivity index (χ2n) is 3.97. The number of benzene rings is 1. The average molecular weight is 266 g/mol. The summed E-state index contributed by atoms with van der Waals surface area (Å²) in [6.07, 6.45) is 0. The number of amides is 2. The van der Waals surface area contributed by atoms with Crippen molar-refractivity contribution in [3.05, 3.63) is 34.4 Å². The minimum absolute atomic E-state index is 0.0147. The Morgan fingerprint density at radius 3 is 2.47 bits per heavy atom. The molecule has 1 aliphatic heterocycles. The highest BCUT2D eigenvalue weighted by atomic mass is 16.6. The first-order valence-corrected chi connectivity index (χ1v) is 5.80. The molecule has 8 heteroatoms. The summed E-state index contributed by atoms with van der Waals surface area (Å²) in [5.74, 6) is 0. The minimum atomic E-state index is -0.489. The molecule has 0 atom stereocenters. The summed E-state index contributed by atoms with van der Waals surface area (Å²) < 4.78 is 5.16. The van der Waals surface area contributed by atoms with E-state index in [1.165, 1.54) is 24.3 Å². The molecular weight excluding hydrogens is 252 g/mol. The summed E-state index contributed by atoms with van der Waals surface area (Å²) in [5, 5.41) is 14.8. The van der Waals surface area contributed by atoms with Gasteiger partial charge in [0, 0.05) is 30.9 Å². The van der Waals surface area contributed by atoms with Gasteiger partial charge in [-0.3, -0.25) is 15.5 Å². The van der Waals surface area contributed by atoms with E-state index < -0.39 is 4.92 Å². The van der Waals surface area contributed by atoms with Crippen LogP contribution in [0.1, 0.15) is 0 Å². The maximum Gasteiger partial charge on any atom is 0.333 e. The normalized spacial score (nSPS) is 15.8. The highest BCUT2D eigenvalue weighted by Gasteiger charge is 2.13. The molecule has 0 bridgehead atoms. The van der Waals surface area contributed by atoms with Gasteiger partial charge in [0.2, 0.25) is 0 Å². The van der Waals surface area contributed by atoms with Crippen LogP contribution in [-0.2, 0) is 4.74 Å². The topological polar surface area (TPSA) is 96.7 Å². The predicted molar refractivity (Wildman–Crippen MR) is 67.6 cm³/mol. The van der Waals surface area contributed by atoms with Crippen LogP contribution in [-0.4, -0.2) is 42.3 Å². The van der Waals surface area contributed by atoms with Crippen LogP contribution in [0.2, 0.25) is 0 Å². The molecule has 0 unspecified atom stereocenters. The Balaban J connectivity index is 1.85. The van der Waals surface area contributed by atoms with Crippen molar-refractivity contribution < 1.29 is 14.5 Å². The molecule has 0 aliphatic carbocycles. The standard InChI is InChI=1S/C11H14N4O4/c16-11(13-14-5-7-19-8-6-14)12-9-1-3-10(4-2-9)15(17)18/h1-4H,5-8H2,(H2,12,13,16). The largest absolute Gasteiger partial charge is 0.379 e. The highest BCUT2D eigenvalue weighted by molar-refractivity contribution is 5.88. The van der Waals surface area contributed by atoms with Crippen LogP contribution < -0.4 is 10.7 Å². The van der Waals surface area contributed by atoms with Crippen LogP contribution in [0, 0.1) is 10.1 Å². The van der Waals surface area contributed by atoms with Crippen molar-refractivity contribution in [3.8, 4) is 0 Å². The Hall–Kier alpha value is -2.19. The number of ether oxygens (including phenoxy) is 1. The number of nitro groups is 1. The molecule has 1 heterocycles. The molecule has 2 N–H and O–H groups in total. The summed E-state index contributed by atoms with van der Waals surface area (Å²) in [6, 6.07) is 5.26. The van der Waals surface area contributed by atoms with E-state index >= 15 is 0 Å². The zero-order valence-electron chi connectivity index (χ0n) is 10.2. The van der Waals surface area contributed by atoms with Gasteiger partial charge >= 0.3 is 6.03 Å². The number of anilines is 1. The van der Waals surface area contributed by atoms with Crippen LogP contribution in [0.3, 0.4) is 0 Å². The lowest BCUT2D eigenvalue weighted by Crippen LogP contribution is -2.49. The second-order valence-corrected chi connectivity index (χ2v) is 3.97. The molecule has 1 saturated heterocycles. The summed E-state index contributed by atoms with van der Waals surface area (Å²) in [4.78, 5) is 21.7. The van der Waals surface area contributed by atoms with Gasteiger partial charge in [-0.1, -0.05) is 0 Å². The molecular formula is C11H14N4O4. The number of hydrazine groups is 1. The molecule has 102 valence electrons. The molecule has 2 amide bonds. The first-order valence-electron chi connectivity index (χ1n) is 5.80. The lowest BCUT2D eigenvalue weighted by molar-refractivity contribution is -0.384. The van der Waals surface area contributed by atoms with Crippen molar-refractivity contribution in [2.75, 3.05) is 31.6 Å². The third-order valence-electron chi connectivity index (χ3n) is 2.61. The van der Waals surface area contributed by atoms with E-state index in [-0.39, 0.29) is 11.7 Å². The van der Waals surface area contributed by atoms with Crippen LogP contribution in [0.15, 0.2) is 24.3 Å². The summed E-state index contributed by atoms with van der Waals surface area (Å²) in [6.45, 7) is 2.43. The Morgan fingerprint density at radius 1 is 1.26 bits per heavy atom. The fourth-order valence-electron chi connectivity index (χ4n) is 1.64. The number of nitrogens with one attached hydrogen (secondary N) is 2. The van der Waals surface area contributed by atoms with Crippen LogP contribution in [0.4, 0.5) is 16.2 Å². The van der Waals surface area contributed by atoms with E-state index in [4.69, 9.17) is 4.74 Å². The molecule has 0 saturated carbocycles. The lowest BCUT2D eigenvalue weighted by atomic mass is 10.3. The monoisotopic (exact) mass is 266 g/mol. The maximum atomic E-state index is 11.7. The molecule has 1 aliphatic rings. The summed E-state index contributed by atoms with van der Waals surface area (Å²) in [5.41, 5.74) is 3.16. The van der Waals surface area contributed by atoms with E-state index in [1.807, 2.05) is 0 Å².